The van der Waals surface area contributed by atoms with Gasteiger partial charge in [0.05, 0.1) is 11.4 Å². The molecule has 0 saturated carbocycles. The molecule has 4 heteroatoms. The van der Waals surface area contributed by atoms with Gasteiger partial charge in [-0.2, -0.15) is 5.26 Å². The van der Waals surface area contributed by atoms with Crippen molar-refractivity contribution >= 4 is 11.4 Å². The monoisotopic (exact) mass is 264 g/mol. The van der Waals surface area contributed by atoms with Crippen molar-refractivity contribution in [3.8, 4) is 6.07 Å². The summed E-state index contributed by atoms with van der Waals surface area (Å²) in [6.45, 7) is 2.80. The lowest BCUT2D eigenvalue weighted by Gasteiger charge is -2.24. The van der Waals surface area contributed by atoms with Gasteiger partial charge in [0.1, 0.15) is 11.8 Å². The van der Waals surface area contributed by atoms with Crippen LogP contribution in [0.1, 0.15) is 17.7 Å². The molecule has 3 rings (SSSR count). The number of anilines is 2. The first-order valence-electron chi connectivity index (χ1n) is 6.80. The minimum atomic E-state index is 0.476. The SMILES string of the molecule is N#Cc1cc(CN2CCCNc3ccccc32)ccn1. The fourth-order valence-corrected chi connectivity index (χ4v) is 2.53. The molecule has 1 aliphatic heterocycles. The average Bonchev–Trinajstić information content (AvgIpc) is 2.70. The van der Waals surface area contributed by atoms with Crippen molar-refractivity contribution in [3.63, 3.8) is 0 Å². The summed E-state index contributed by atoms with van der Waals surface area (Å²) in [5.41, 5.74) is 4.00. The second-order valence-electron chi connectivity index (χ2n) is 4.88. The second kappa shape index (κ2) is 5.62. The lowest BCUT2D eigenvalue weighted by Crippen LogP contribution is -2.23. The van der Waals surface area contributed by atoms with Crippen LogP contribution >= 0.6 is 0 Å². The van der Waals surface area contributed by atoms with Crippen LogP contribution in [0.4, 0.5) is 11.4 Å². The van der Waals surface area contributed by atoms with Crippen molar-refractivity contribution in [2.24, 2.45) is 0 Å². The van der Waals surface area contributed by atoms with Crippen LogP contribution in [0.25, 0.3) is 0 Å². The third kappa shape index (κ3) is 2.57. The molecule has 0 radical (unpaired) electrons. The van der Waals surface area contributed by atoms with Gasteiger partial charge in [0.2, 0.25) is 0 Å². The van der Waals surface area contributed by atoms with Crippen LogP contribution in [0.5, 0.6) is 0 Å². The standard InChI is InChI=1S/C16H16N4/c17-11-14-10-13(6-8-18-14)12-20-9-3-7-19-15-4-1-2-5-16(15)20/h1-2,4-6,8,10,19H,3,7,9,12H2. The van der Waals surface area contributed by atoms with E-state index >= 15 is 0 Å². The lowest BCUT2D eigenvalue weighted by atomic mass is 10.2. The number of benzene rings is 1. The number of nitrogens with one attached hydrogen (secondary N) is 1. The Morgan fingerprint density at radius 1 is 1.30 bits per heavy atom. The van der Waals surface area contributed by atoms with E-state index in [1.54, 1.807) is 6.20 Å². The molecule has 1 aromatic carbocycles. The lowest BCUT2D eigenvalue weighted by molar-refractivity contribution is 0.763. The first kappa shape index (κ1) is 12.5. The topological polar surface area (TPSA) is 52.0 Å². The largest absolute Gasteiger partial charge is 0.383 e. The highest BCUT2D eigenvalue weighted by molar-refractivity contribution is 5.70. The Morgan fingerprint density at radius 2 is 2.20 bits per heavy atom. The molecular weight excluding hydrogens is 248 g/mol. The maximum atomic E-state index is 8.93. The predicted octanol–water partition coefficient (Wildman–Crippen LogP) is 2.78. The Labute approximate surface area is 118 Å². The molecule has 0 aliphatic carbocycles. The summed E-state index contributed by atoms with van der Waals surface area (Å²) < 4.78 is 0. The summed E-state index contributed by atoms with van der Waals surface area (Å²) >= 11 is 0. The Bertz CT molecular complexity index is 645. The summed E-state index contributed by atoms with van der Waals surface area (Å²) in [7, 11) is 0. The van der Waals surface area contributed by atoms with Crippen molar-refractivity contribution in [2.45, 2.75) is 13.0 Å². The number of aromatic nitrogens is 1. The van der Waals surface area contributed by atoms with Crippen LogP contribution in [-0.2, 0) is 6.54 Å². The first-order chi connectivity index (χ1) is 9.86. The van der Waals surface area contributed by atoms with E-state index in [2.05, 4.69) is 45.5 Å². The van der Waals surface area contributed by atoms with Crippen molar-refractivity contribution in [1.29, 1.82) is 5.26 Å². The fraction of sp³-hybridized carbons (Fsp3) is 0.250. The molecule has 1 aliphatic rings. The smallest absolute Gasteiger partial charge is 0.140 e. The maximum Gasteiger partial charge on any atom is 0.140 e. The van der Waals surface area contributed by atoms with Gasteiger partial charge in [0, 0.05) is 25.8 Å². The van der Waals surface area contributed by atoms with Gasteiger partial charge in [-0.15, -0.1) is 0 Å². The molecule has 0 spiro atoms. The molecule has 20 heavy (non-hydrogen) atoms. The van der Waals surface area contributed by atoms with E-state index in [1.807, 2.05) is 12.1 Å². The van der Waals surface area contributed by atoms with Gasteiger partial charge in [0.15, 0.2) is 0 Å². The van der Waals surface area contributed by atoms with Gasteiger partial charge in [-0.05, 0) is 36.2 Å². The van der Waals surface area contributed by atoms with Crippen molar-refractivity contribution in [3.05, 3.63) is 53.9 Å². The fourth-order valence-electron chi connectivity index (χ4n) is 2.53. The Hall–Kier alpha value is -2.54. The Kier molecular flexibility index (Phi) is 3.51. The van der Waals surface area contributed by atoms with E-state index in [0.717, 1.165) is 31.6 Å². The number of nitrogens with zero attached hydrogens (tertiary/aromatic N) is 3. The average molecular weight is 264 g/mol. The molecule has 0 atom stereocenters. The van der Waals surface area contributed by atoms with Crippen LogP contribution in [0.15, 0.2) is 42.6 Å². The molecule has 0 amide bonds. The van der Waals surface area contributed by atoms with Crippen LogP contribution < -0.4 is 10.2 Å². The van der Waals surface area contributed by atoms with Crippen molar-refractivity contribution in [2.75, 3.05) is 23.3 Å². The highest BCUT2D eigenvalue weighted by atomic mass is 15.2. The van der Waals surface area contributed by atoms with Crippen molar-refractivity contribution < 1.29 is 0 Å². The number of rotatable bonds is 2. The summed E-state index contributed by atoms with van der Waals surface area (Å²) in [5, 5.41) is 12.4. The Morgan fingerprint density at radius 3 is 3.10 bits per heavy atom. The molecule has 2 aromatic rings. The molecule has 100 valence electrons. The Balaban J connectivity index is 1.88. The third-order valence-corrected chi connectivity index (χ3v) is 3.48. The normalized spacial score (nSPS) is 13.8. The number of pyridine rings is 1. The van der Waals surface area contributed by atoms with Gasteiger partial charge < -0.3 is 10.2 Å². The van der Waals surface area contributed by atoms with Gasteiger partial charge in [-0.25, -0.2) is 4.98 Å². The zero-order chi connectivity index (χ0) is 13.8. The van der Waals surface area contributed by atoms with Crippen molar-refractivity contribution in [1.82, 2.24) is 4.98 Å². The van der Waals surface area contributed by atoms with Gasteiger partial charge >= 0.3 is 0 Å². The van der Waals surface area contributed by atoms with Crippen LogP contribution in [0, 0.1) is 11.3 Å². The van der Waals surface area contributed by atoms with Gasteiger partial charge in [-0.3, -0.25) is 0 Å². The summed E-state index contributed by atoms with van der Waals surface area (Å²) in [4.78, 5) is 6.37. The molecule has 2 heterocycles. The van der Waals surface area contributed by atoms with E-state index in [0.29, 0.717) is 5.69 Å². The highest BCUT2D eigenvalue weighted by Gasteiger charge is 2.14. The van der Waals surface area contributed by atoms with E-state index in [-0.39, 0.29) is 0 Å². The maximum absolute atomic E-state index is 8.93. The van der Waals surface area contributed by atoms with Gasteiger partial charge in [-0.1, -0.05) is 12.1 Å². The van der Waals surface area contributed by atoms with Gasteiger partial charge in [0.25, 0.3) is 0 Å². The van der Waals surface area contributed by atoms with E-state index in [9.17, 15) is 0 Å². The molecule has 4 nitrogen and oxygen atoms in total. The first-order valence-corrected chi connectivity index (χ1v) is 6.80. The quantitative estimate of drug-likeness (QED) is 0.906. The number of hydrogen-bond acceptors (Lipinski definition) is 4. The summed E-state index contributed by atoms with van der Waals surface area (Å²) in [5.74, 6) is 0. The minimum absolute atomic E-state index is 0.476. The minimum Gasteiger partial charge on any atom is -0.383 e. The molecule has 1 aromatic heterocycles. The number of nitriles is 1. The highest BCUT2D eigenvalue weighted by Crippen LogP contribution is 2.29. The summed E-state index contributed by atoms with van der Waals surface area (Å²) in [6, 6.07) is 14.3. The van der Waals surface area contributed by atoms with Crippen LogP contribution in [0.2, 0.25) is 0 Å². The predicted molar refractivity (Wildman–Crippen MR) is 79.6 cm³/mol. The van der Waals surface area contributed by atoms with Crippen LogP contribution in [-0.4, -0.2) is 18.1 Å². The second-order valence-corrected chi connectivity index (χ2v) is 4.88. The van der Waals surface area contributed by atoms with E-state index in [1.165, 1.54) is 11.4 Å². The zero-order valence-electron chi connectivity index (χ0n) is 11.2. The molecule has 1 N–H and O–H groups in total. The summed E-state index contributed by atoms with van der Waals surface area (Å²) in [6.07, 6.45) is 2.81. The number of para-hydroxylation sites is 2. The van der Waals surface area contributed by atoms with E-state index in [4.69, 9.17) is 5.26 Å². The number of fused-ring (bicyclic) bond motifs is 1. The van der Waals surface area contributed by atoms with Crippen LogP contribution in [0.3, 0.4) is 0 Å². The molecule has 0 bridgehead atoms. The molecule has 0 fully saturated rings. The number of hydrogen-bond donors (Lipinski definition) is 1. The molecule has 0 saturated heterocycles. The third-order valence-electron chi connectivity index (χ3n) is 3.48. The zero-order valence-corrected chi connectivity index (χ0v) is 11.2. The molecular formula is C16H16N4. The van der Waals surface area contributed by atoms with E-state index < -0.39 is 0 Å². The molecule has 0 unspecified atom stereocenters.